The number of thioether (sulfide) groups is 1. The van der Waals surface area contributed by atoms with Gasteiger partial charge < -0.3 is 4.74 Å². The van der Waals surface area contributed by atoms with Crippen LogP contribution >= 0.6 is 23.4 Å². The van der Waals surface area contributed by atoms with Gasteiger partial charge in [0.1, 0.15) is 11.1 Å². The van der Waals surface area contributed by atoms with Crippen molar-refractivity contribution >= 4 is 35.0 Å². The van der Waals surface area contributed by atoms with Crippen molar-refractivity contribution in [3.8, 4) is 5.75 Å². The zero-order valence-electron chi connectivity index (χ0n) is 12.2. The Morgan fingerprint density at radius 1 is 1.23 bits per heavy atom. The molecule has 0 N–H and O–H groups in total. The van der Waals surface area contributed by atoms with Crippen LogP contribution in [0.4, 0.5) is 5.69 Å². The van der Waals surface area contributed by atoms with E-state index >= 15 is 0 Å². The average Bonchev–Trinajstić information content (AvgIpc) is 2.91. The fourth-order valence-corrected chi connectivity index (χ4v) is 3.79. The Morgan fingerprint density at radius 2 is 1.95 bits per heavy atom. The van der Waals surface area contributed by atoms with Gasteiger partial charge in [0, 0.05) is 5.02 Å². The lowest BCUT2D eigenvalue weighted by molar-refractivity contribution is -0.115. The number of nitrogens with zero attached hydrogens (tertiary/aromatic N) is 1. The number of anilines is 1. The predicted molar refractivity (Wildman–Crippen MR) is 91.7 cm³/mol. The van der Waals surface area contributed by atoms with Gasteiger partial charge in [-0.2, -0.15) is 0 Å². The van der Waals surface area contributed by atoms with Gasteiger partial charge in [-0.25, -0.2) is 0 Å². The molecule has 1 heterocycles. The van der Waals surface area contributed by atoms with E-state index in [9.17, 15) is 4.79 Å². The standard InChI is InChI=1S/C17H16ClNO2S/c1-2-21-15-6-4-3-5-14(15)19-16(20)11-22-17(19)12-7-9-13(18)10-8-12/h3-10,17H,2,11H2,1H3/t17-/m0/s1. The fraction of sp³-hybridized carbons (Fsp3) is 0.235. The summed E-state index contributed by atoms with van der Waals surface area (Å²) < 4.78 is 5.68. The molecule has 0 spiro atoms. The van der Waals surface area contributed by atoms with Gasteiger partial charge >= 0.3 is 0 Å². The minimum absolute atomic E-state index is 0.0497. The monoisotopic (exact) mass is 333 g/mol. The molecule has 1 aliphatic rings. The van der Waals surface area contributed by atoms with Gasteiger partial charge in [-0.1, -0.05) is 35.9 Å². The smallest absolute Gasteiger partial charge is 0.238 e. The second-order valence-corrected chi connectivity index (χ2v) is 6.38. The van der Waals surface area contributed by atoms with Gasteiger partial charge in [-0.15, -0.1) is 11.8 Å². The molecule has 1 atom stereocenters. The summed E-state index contributed by atoms with van der Waals surface area (Å²) in [5, 5.41) is 0.644. The van der Waals surface area contributed by atoms with Crippen molar-refractivity contribution in [2.75, 3.05) is 17.3 Å². The van der Waals surface area contributed by atoms with E-state index in [0.29, 0.717) is 17.4 Å². The Morgan fingerprint density at radius 3 is 2.68 bits per heavy atom. The number of carbonyl (C=O) groups excluding carboxylic acids is 1. The Kier molecular flexibility index (Phi) is 4.60. The highest BCUT2D eigenvalue weighted by atomic mass is 35.5. The van der Waals surface area contributed by atoms with E-state index in [-0.39, 0.29) is 11.3 Å². The summed E-state index contributed by atoms with van der Waals surface area (Å²) in [6.07, 6.45) is 0. The molecule has 1 amide bonds. The highest BCUT2D eigenvalue weighted by molar-refractivity contribution is 8.00. The summed E-state index contributed by atoms with van der Waals surface area (Å²) >= 11 is 7.58. The Balaban J connectivity index is 1.99. The van der Waals surface area contributed by atoms with Crippen LogP contribution < -0.4 is 9.64 Å². The number of amides is 1. The lowest BCUT2D eigenvalue weighted by atomic mass is 10.2. The Labute approximate surface area is 139 Å². The maximum Gasteiger partial charge on any atom is 0.238 e. The van der Waals surface area contributed by atoms with E-state index in [2.05, 4.69) is 0 Å². The summed E-state index contributed by atoms with van der Waals surface area (Å²) in [6.45, 7) is 2.51. The second-order valence-electron chi connectivity index (χ2n) is 4.88. The number of rotatable bonds is 4. The molecule has 0 aliphatic carbocycles. The summed E-state index contributed by atoms with van der Waals surface area (Å²) in [4.78, 5) is 14.2. The summed E-state index contributed by atoms with van der Waals surface area (Å²) in [5.74, 6) is 1.30. The first-order valence-electron chi connectivity index (χ1n) is 7.11. The van der Waals surface area contributed by atoms with E-state index < -0.39 is 0 Å². The van der Waals surface area contributed by atoms with Crippen LogP contribution in [0.25, 0.3) is 0 Å². The molecule has 0 aromatic heterocycles. The molecule has 1 aliphatic heterocycles. The summed E-state index contributed by atoms with van der Waals surface area (Å²) in [5.41, 5.74) is 1.88. The highest BCUT2D eigenvalue weighted by Gasteiger charge is 2.35. The molecular weight excluding hydrogens is 318 g/mol. The van der Waals surface area contributed by atoms with Crippen LogP contribution in [0.1, 0.15) is 17.9 Å². The first-order chi connectivity index (χ1) is 10.7. The van der Waals surface area contributed by atoms with Gasteiger partial charge in [0.15, 0.2) is 0 Å². The van der Waals surface area contributed by atoms with Gasteiger partial charge in [0.2, 0.25) is 5.91 Å². The van der Waals surface area contributed by atoms with Gasteiger partial charge in [0.05, 0.1) is 18.0 Å². The largest absolute Gasteiger partial charge is 0.492 e. The van der Waals surface area contributed by atoms with Crippen molar-refractivity contribution in [2.45, 2.75) is 12.3 Å². The van der Waals surface area contributed by atoms with Crippen molar-refractivity contribution in [3.63, 3.8) is 0 Å². The predicted octanol–water partition coefficient (Wildman–Crippen LogP) is 4.52. The molecule has 0 radical (unpaired) electrons. The van der Waals surface area contributed by atoms with E-state index in [4.69, 9.17) is 16.3 Å². The Hall–Kier alpha value is -1.65. The molecule has 22 heavy (non-hydrogen) atoms. The molecule has 1 fully saturated rings. The quantitative estimate of drug-likeness (QED) is 0.824. The number of hydrogen-bond acceptors (Lipinski definition) is 3. The van der Waals surface area contributed by atoms with Gasteiger partial charge in [-0.3, -0.25) is 9.69 Å². The topological polar surface area (TPSA) is 29.5 Å². The van der Waals surface area contributed by atoms with Crippen molar-refractivity contribution in [3.05, 3.63) is 59.1 Å². The molecule has 2 aromatic rings. The molecule has 3 rings (SSSR count). The van der Waals surface area contributed by atoms with Gasteiger partial charge in [-0.05, 0) is 36.8 Å². The maximum atomic E-state index is 12.4. The molecular formula is C17H16ClNO2S. The fourth-order valence-electron chi connectivity index (χ4n) is 2.49. The van der Waals surface area contributed by atoms with Crippen molar-refractivity contribution in [1.82, 2.24) is 0 Å². The third-order valence-electron chi connectivity index (χ3n) is 3.45. The number of para-hydroxylation sites is 2. The molecule has 0 saturated carbocycles. The number of hydrogen-bond donors (Lipinski definition) is 0. The third kappa shape index (κ3) is 2.94. The van der Waals surface area contributed by atoms with Crippen molar-refractivity contribution in [2.24, 2.45) is 0 Å². The summed E-state index contributed by atoms with van der Waals surface area (Å²) in [6, 6.07) is 15.3. The van der Waals surface area contributed by atoms with E-state index in [0.717, 1.165) is 17.0 Å². The average molecular weight is 334 g/mol. The lowest BCUT2D eigenvalue weighted by Crippen LogP contribution is -2.28. The Bertz CT molecular complexity index is 675. The number of halogens is 1. The third-order valence-corrected chi connectivity index (χ3v) is 4.91. The first kappa shape index (κ1) is 15.3. The van der Waals surface area contributed by atoms with Crippen LogP contribution in [-0.2, 0) is 4.79 Å². The van der Waals surface area contributed by atoms with E-state index in [1.165, 1.54) is 0 Å². The van der Waals surface area contributed by atoms with Crippen LogP contribution in [0.3, 0.4) is 0 Å². The molecule has 5 heteroatoms. The first-order valence-corrected chi connectivity index (χ1v) is 8.54. The zero-order chi connectivity index (χ0) is 15.5. The molecule has 2 aromatic carbocycles. The van der Waals surface area contributed by atoms with Crippen LogP contribution in [0.2, 0.25) is 5.02 Å². The molecule has 0 bridgehead atoms. The summed E-state index contributed by atoms with van der Waals surface area (Å²) in [7, 11) is 0. The maximum absolute atomic E-state index is 12.4. The zero-order valence-corrected chi connectivity index (χ0v) is 13.7. The number of benzene rings is 2. The number of ether oxygens (including phenoxy) is 1. The lowest BCUT2D eigenvalue weighted by Gasteiger charge is -2.26. The molecule has 114 valence electrons. The van der Waals surface area contributed by atoms with E-state index in [1.807, 2.05) is 60.4 Å². The van der Waals surface area contributed by atoms with Crippen LogP contribution in [0.5, 0.6) is 5.75 Å². The van der Waals surface area contributed by atoms with Crippen LogP contribution in [-0.4, -0.2) is 18.3 Å². The minimum atomic E-state index is -0.0497. The van der Waals surface area contributed by atoms with Crippen LogP contribution in [0, 0.1) is 0 Å². The molecule has 1 saturated heterocycles. The number of carbonyl (C=O) groups is 1. The molecule has 0 unspecified atom stereocenters. The second kappa shape index (κ2) is 6.63. The minimum Gasteiger partial charge on any atom is -0.492 e. The highest BCUT2D eigenvalue weighted by Crippen LogP contribution is 2.44. The SMILES string of the molecule is CCOc1ccccc1N1C(=O)CS[C@H]1c1ccc(Cl)cc1. The molecule has 3 nitrogen and oxygen atoms in total. The normalized spacial score (nSPS) is 17.8. The van der Waals surface area contributed by atoms with Crippen LogP contribution in [0.15, 0.2) is 48.5 Å². The van der Waals surface area contributed by atoms with E-state index in [1.54, 1.807) is 11.8 Å². The van der Waals surface area contributed by atoms with Gasteiger partial charge in [0.25, 0.3) is 0 Å². The van der Waals surface area contributed by atoms with Crippen molar-refractivity contribution in [1.29, 1.82) is 0 Å². The van der Waals surface area contributed by atoms with Crippen molar-refractivity contribution < 1.29 is 9.53 Å².